The van der Waals surface area contributed by atoms with Gasteiger partial charge in [-0.2, -0.15) is 4.31 Å². The first-order valence-corrected chi connectivity index (χ1v) is 8.41. The van der Waals surface area contributed by atoms with Crippen molar-refractivity contribution in [3.63, 3.8) is 0 Å². The molecule has 1 fully saturated rings. The molecule has 2 aromatic rings. The predicted octanol–water partition coefficient (Wildman–Crippen LogP) is 2.48. The summed E-state index contributed by atoms with van der Waals surface area (Å²) in [4.78, 5) is 7.97. The third-order valence-electron chi connectivity index (χ3n) is 3.35. The van der Waals surface area contributed by atoms with Crippen LogP contribution in [0.3, 0.4) is 0 Å². The van der Waals surface area contributed by atoms with Gasteiger partial charge in [-0.15, -0.1) is 0 Å². The van der Waals surface area contributed by atoms with E-state index in [1.165, 1.54) is 22.6 Å². The minimum atomic E-state index is -3.57. The van der Waals surface area contributed by atoms with Crippen LogP contribution >= 0.6 is 11.6 Å². The average Bonchev–Trinajstić information content (AvgIpc) is 3.30. The third kappa shape index (κ3) is 3.23. The van der Waals surface area contributed by atoms with E-state index >= 15 is 0 Å². The number of aromatic nitrogens is 2. The van der Waals surface area contributed by atoms with E-state index in [0.29, 0.717) is 6.54 Å². The molecule has 0 unspecified atom stereocenters. The Morgan fingerprint density at radius 3 is 2.52 bits per heavy atom. The van der Waals surface area contributed by atoms with Gasteiger partial charge in [0.2, 0.25) is 10.0 Å². The molecule has 3 rings (SSSR count). The molecular formula is C14H14ClN3O2S. The Morgan fingerprint density at radius 1 is 1.19 bits per heavy atom. The second kappa shape index (κ2) is 5.71. The number of rotatable bonds is 5. The highest BCUT2D eigenvalue weighted by atomic mass is 35.5. The molecule has 0 N–H and O–H groups in total. The lowest BCUT2D eigenvalue weighted by molar-refractivity contribution is 0.398. The zero-order valence-corrected chi connectivity index (χ0v) is 12.8. The predicted molar refractivity (Wildman–Crippen MR) is 79.2 cm³/mol. The Balaban J connectivity index is 1.93. The summed E-state index contributed by atoms with van der Waals surface area (Å²) < 4.78 is 27.1. The smallest absolute Gasteiger partial charge is 0.243 e. The molecule has 0 radical (unpaired) electrons. The van der Waals surface area contributed by atoms with Gasteiger partial charge in [0, 0.05) is 31.2 Å². The van der Waals surface area contributed by atoms with Crippen molar-refractivity contribution >= 4 is 21.6 Å². The summed E-state index contributed by atoms with van der Waals surface area (Å²) in [6.07, 6.45) is 6.52. The van der Waals surface area contributed by atoms with Crippen LogP contribution in [0.5, 0.6) is 0 Å². The molecule has 0 saturated heterocycles. The molecule has 0 aliphatic heterocycles. The molecule has 5 nitrogen and oxygen atoms in total. The molecule has 110 valence electrons. The lowest BCUT2D eigenvalue weighted by Gasteiger charge is -2.22. The molecule has 0 amide bonds. The molecule has 0 bridgehead atoms. The van der Waals surface area contributed by atoms with Gasteiger partial charge in [0.25, 0.3) is 0 Å². The maximum Gasteiger partial charge on any atom is 0.243 e. The quantitative estimate of drug-likeness (QED) is 0.793. The molecule has 2 aromatic heterocycles. The number of halogens is 1. The van der Waals surface area contributed by atoms with Gasteiger partial charge >= 0.3 is 0 Å². The first-order chi connectivity index (χ1) is 10.1. The van der Waals surface area contributed by atoms with Crippen molar-refractivity contribution in [2.24, 2.45) is 0 Å². The first kappa shape index (κ1) is 14.4. The highest BCUT2D eigenvalue weighted by Gasteiger charge is 2.38. The van der Waals surface area contributed by atoms with Crippen molar-refractivity contribution in [3.05, 3.63) is 53.6 Å². The van der Waals surface area contributed by atoms with E-state index in [0.717, 1.165) is 18.4 Å². The second-order valence-electron chi connectivity index (χ2n) is 4.95. The van der Waals surface area contributed by atoms with Gasteiger partial charge in [0.05, 0.1) is 4.90 Å². The maximum absolute atomic E-state index is 12.8. The third-order valence-corrected chi connectivity index (χ3v) is 5.45. The number of sulfonamides is 1. The van der Waals surface area contributed by atoms with Gasteiger partial charge in [-0.25, -0.2) is 13.4 Å². The van der Waals surface area contributed by atoms with E-state index in [2.05, 4.69) is 9.97 Å². The van der Waals surface area contributed by atoms with Crippen molar-refractivity contribution in [2.75, 3.05) is 0 Å². The molecule has 0 aromatic carbocycles. The fraction of sp³-hybridized carbons (Fsp3) is 0.286. The van der Waals surface area contributed by atoms with Gasteiger partial charge in [-0.3, -0.25) is 4.98 Å². The van der Waals surface area contributed by atoms with Crippen LogP contribution in [0.15, 0.2) is 47.8 Å². The largest absolute Gasteiger partial charge is 0.265 e. The first-order valence-electron chi connectivity index (χ1n) is 6.60. The fourth-order valence-corrected chi connectivity index (χ4v) is 4.05. The van der Waals surface area contributed by atoms with Gasteiger partial charge in [0.1, 0.15) is 5.15 Å². The van der Waals surface area contributed by atoms with E-state index in [4.69, 9.17) is 11.6 Å². The Bertz CT molecular complexity index is 733. The van der Waals surface area contributed by atoms with Crippen LogP contribution in [0.2, 0.25) is 5.15 Å². The van der Waals surface area contributed by atoms with Crippen molar-refractivity contribution in [2.45, 2.75) is 30.3 Å². The summed E-state index contributed by atoms with van der Waals surface area (Å²) in [5, 5.41) is 0.177. The Labute approximate surface area is 128 Å². The van der Waals surface area contributed by atoms with E-state index < -0.39 is 10.0 Å². The van der Waals surface area contributed by atoms with E-state index in [1.54, 1.807) is 12.4 Å². The van der Waals surface area contributed by atoms with Gasteiger partial charge in [-0.1, -0.05) is 11.6 Å². The summed E-state index contributed by atoms with van der Waals surface area (Å²) >= 11 is 5.81. The summed E-state index contributed by atoms with van der Waals surface area (Å²) in [7, 11) is -3.57. The van der Waals surface area contributed by atoms with Crippen LogP contribution in [-0.4, -0.2) is 28.7 Å². The fourth-order valence-electron chi connectivity index (χ4n) is 2.12. The van der Waals surface area contributed by atoms with Crippen LogP contribution in [0.4, 0.5) is 0 Å². The molecular weight excluding hydrogens is 310 g/mol. The normalized spacial score (nSPS) is 15.3. The zero-order chi connectivity index (χ0) is 14.9. The molecule has 1 saturated carbocycles. The van der Waals surface area contributed by atoms with Crippen molar-refractivity contribution in [1.82, 2.24) is 14.3 Å². The van der Waals surface area contributed by atoms with Crippen molar-refractivity contribution in [3.8, 4) is 0 Å². The summed E-state index contributed by atoms with van der Waals surface area (Å²) in [5.41, 5.74) is 0.917. The molecule has 1 aliphatic rings. The van der Waals surface area contributed by atoms with E-state index in [9.17, 15) is 8.42 Å². The molecule has 1 aliphatic carbocycles. The van der Waals surface area contributed by atoms with Gasteiger partial charge < -0.3 is 0 Å². The van der Waals surface area contributed by atoms with Crippen molar-refractivity contribution in [1.29, 1.82) is 0 Å². The molecule has 7 heteroatoms. The van der Waals surface area contributed by atoms with Crippen molar-refractivity contribution < 1.29 is 8.42 Å². The SMILES string of the molecule is O=S(=O)(c1ccnc(Cl)c1)N(Cc1ccncc1)C1CC1. The van der Waals surface area contributed by atoms with Crippen LogP contribution in [-0.2, 0) is 16.6 Å². The molecule has 2 heterocycles. The minimum absolute atomic E-state index is 0.0649. The van der Waals surface area contributed by atoms with Crippen LogP contribution in [0.25, 0.3) is 0 Å². The summed E-state index contributed by atoms with van der Waals surface area (Å²) in [6, 6.07) is 6.58. The Hall–Kier alpha value is -1.50. The number of hydrogen-bond donors (Lipinski definition) is 0. The Kier molecular flexibility index (Phi) is 3.93. The van der Waals surface area contributed by atoms with Crippen LogP contribution < -0.4 is 0 Å². The average molecular weight is 324 g/mol. The van der Waals surface area contributed by atoms with Gasteiger partial charge in [0.15, 0.2) is 0 Å². The number of pyridine rings is 2. The highest BCUT2D eigenvalue weighted by molar-refractivity contribution is 7.89. The van der Waals surface area contributed by atoms with E-state index in [-0.39, 0.29) is 16.1 Å². The number of nitrogens with zero attached hydrogens (tertiary/aromatic N) is 3. The maximum atomic E-state index is 12.8. The lowest BCUT2D eigenvalue weighted by atomic mass is 10.3. The lowest BCUT2D eigenvalue weighted by Crippen LogP contribution is -2.32. The van der Waals surface area contributed by atoms with E-state index in [1.807, 2.05) is 12.1 Å². The number of hydrogen-bond acceptors (Lipinski definition) is 4. The topological polar surface area (TPSA) is 63.2 Å². The van der Waals surface area contributed by atoms with Gasteiger partial charge in [-0.05, 0) is 42.7 Å². The summed E-state index contributed by atoms with van der Waals surface area (Å²) in [6.45, 7) is 0.343. The molecule has 0 atom stereocenters. The highest BCUT2D eigenvalue weighted by Crippen LogP contribution is 2.33. The standard InChI is InChI=1S/C14H14ClN3O2S/c15-14-9-13(5-8-17-14)21(19,20)18(12-1-2-12)10-11-3-6-16-7-4-11/h3-9,12H,1-2,10H2. The second-order valence-corrected chi connectivity index (χ2v) is 7.23. The summed E-state index contributed by atoms with van der Waals surface area (Å²) in [5.74, 6) is 0. The molecule has 0 spiro atoms. The minimum Gasteiger partial charge on any atom is -0.265 e. The van der Waals surface area contributed by atoms with Crippen LogP contribution in [0, 0.1) is 0 Å². The zero-order valence-electron chi connectivity index (χ0n) is 11.2. The molecule has 21 heavy (non-hydrogen) atoms. The monoisotopic (exact) mass is 323 g/mol. The van der Waals surface area contributed by atoms with Crippen LogP contribution in [0.1, 0.15) is 18.4 Å². The Morgan fingerprint density at radius 2 is 1.90 bits per heavy atom.